The first-order valence-electron chi connectivity index (χ1n) is 7.19. The van der Waals surface area contributed by atoms with Gasteiger partial charge in [0.15, 0.2) is 0 Å². The minimum absolute atomic E-state index is 0.0706. The SMILES string of the molecule is C=CCN(CC=C)C(=O)/C(C#N)=C\N1CCC(C(N)=O)CC1. The lowest BCUT2D eigenvalue weighted by Crippen LogP contribution is -2.37. The van der Waals surface area contributed by atoms with Crippen LogP contribution < -0.4 is 5.73 Å². The number of primary amides is 1. The lowest BCUT2D eigenvalue weighted by Gasteiger charge is -2.30. The molecule has 0 aromatic carbocycles. The van der Waals surface area contributed by atoms with Crippen LogP contribution in [0.15, 0.2) is 37.1 Å². The minimum Gasteiger partial charge on any atom is -0.376 e. The number of likely N-dealkylation sites (tertiary alicyclic amines) is 1. The van der Waals surface area contributed by atoms with Crippen molar-refractivity contribution in [2.45, 2.75) is 12.8 Å². The summed E-state index contributed by atoms with van der Waals surface area (Å²) in [6.45, 7) is 9.13. The van der Waals surface area contributed by atoms with E-state index in [9.17, 15) is 14.9 Å². The Bertz CT molecular complexity index is 501. The molecule has 0 spiro atoms. The van der Waals surface area contributed by atoms with Crippen LogP contribution in [-0.4, -0.2) is 47.8 Å². The van der Waals surface area contributed by atoms with Gasteiger partial charge in [0.05, 0.1) is 0 Å². The highest BCUT2D eigenvalue weighted by molar-refractivity contribution is 5.97. The largest absolute Gasteiger partial charge is 0.376 e. The number of hydrogen-bond acceptors (Lipinski definition) is 4. The van der Waals surface area contributed by atoms with Crippen molar-refractivity contribution < 1.29 is 9.59 Å². The first-order chi connectivity index (χ1) is 10.5. The molecule has 6 heteroatoms. The Balaban J connectivity index is 2.76. The second kappa shape index (κ2) is 8.67. The van der Waals surface area contributed by atoms with Gasteiger partial charge in [0.2, 0.25) is 5.91 Å². The van der Waals surface area contributed by atoms with Crippen LogP contribution in [0.2, 0.25) is 0 Å². The van der Waals surface area contributed by atoms with E-state index in [-0.39, 0.29) is 23.3 Å². The Morgan fingerprint density at radius 2 is 1.82 bits per heavy atom. The third-order valence-electron chi connectivity index (χ3n) is 3.58. The van der Waals surface area contributed by atoms with Gasteiger partial charge in [0, 0.05) is 38.3 Å². The first kappa shape index (κ1) is 17.5. The monoisotopic (exact) mass is 302 g/mol. The number of nitrogens with two attached hydrogens (primary N) is 1. The molecule has 0 unspecified atom stereocenters. The van der Waals surface area contributed by atoms with Crippen LogP contribution in [0.5, 0.6) is 0 Å². The van der Waals surface area contributed by atoms with E-state index in [1.807, 2.05) is 11.0 Å². The van der Waals surface area contributed by atoms with Gasteiger partial charge in [-0.2, -0.15) is 5.26 Å². The Hall–Kier alpha value is -2.55. The van der Waals surface area contributed by atoms with Crippen LogP contribution >= 0.6 is 0 Å². The summed E-state index contributed by atoms with van der Waals surface area (Å²) in [4.78, 5) is 26.9. The van der Waals surface area contributed by atoms with E-state index in [1.165, 1.54) is 4.90 Å². The van der Waals surface area contributed by atoms with Gasteiger partial charge in [-0.15, -0.1) is 13.2 Å². The molecule has 0 radical (unpaired) electrons. The second-order valence-electron chi connectivity index (χ2n) is 5.15. The molecule has 1 heterocycles. The van der Waals surface area contributed by atoms with Crippen LogP contribution in [0.1, 0.15) is 12.8 Å². The molecule has 1 fully saturated rings. The Morgan fingerprint density at radius 3 is 2.23 bits per heavy atom. The maximum atomic E-state index is 12.3. The highest BCUT2D eigenvalue weighted by atomic mass is 16.2. The van der Waals surface area contributed by atoms with Crippen LogP contribution in [-0.2, 0) is 9.59 Å². The van der Waals surface area contributed by atoms with Gasteiger partial charge < -0.3 is 15.5 Å². The molecule has 0 aliphatic carbocycles. The topological polar surface area (TPSA) is 90.4 Å². The van der Waals surface area contributed by atoms with Gasteiger partial charge in [0.1, 0.15) is 11.6 Å². The zero-order valence-corrected chi connectivity index (χ0v) is 12.7. The predicted molar refractivity (Wildman–Crippen MR) is 84.2 cm³/mol. The van der Waals surface area contributed by atoms with E-state index in [0.717, 1.165) is 0 Å². The van der Waals surface area contributed by atoms with Crippen molar-refractivity contribution in [3.63, 3.8) is 0 Å². The average Bonchev–Trinajstić information content (AvgIpc) is 2.52. The molecule has 118 valence electrons. The molecule has 1 saturated heterocycles. The summed E-state index contributed by atoms with van der Waals surface area (Å²) in [6, 6.07) is 1.95. The molecule has 6 nitrogen and oxygen atoms in total. The van der Waals surface area contributed by atoms with E-state index in [1.54, 1.807) is 18.4 Å². The summed E-state index contributed by atoms with van der Waals surface area (Å²) >= 11 is 0. The van der Waals surface area contributed by atoms with Gasteiger partial charge in [-0.1, -0.05) is 12.2 Å². The normalized spacial score (nSPS) is 15.8. The van der Waals surface area contributed by atoms with Crippen molar-refractivity contribution in [2.24, 2.45) is 11.7 Å². The molecule has 2 N–H and O–H groups in total. The summed E-state index contributed by atoms with van der Waals surface area (Å²) in [6.07, 6.45) is 6.06. The number of rotatable bonds is 7. The van der Waals surface area contributed by atoms with Crippen molar-refractivity contribution >= 4 is 11.8 Å². The maximum absolute atomic E-state index is 12.3. The molecule has 0 aromatic rings. The van der Waals surface area contributed by atoms with Crippen LogP contribution in [0.3, 0.4) is 0 Å². The maximum Gasteiger partial charge on any atom is 0.266 e. The Labute approximate surface area is 131 Å². The average molecular weight is 302 g/mol. The third-order valence-corrected chi connectivity index (χ3v) is 3.58. The van der Waals surface area contributed by atoms with Crippen molar-refractivity contribution in [3.8, 4) is 6.07 Å². The molecule has 1 aliphatic rings. The van der Waals surface area contributed by atoms with Gasteiger partial charge in [-0.3, -0.25) is 9.59 Å². The van der Waals surface area contributed by atoms with E-state index >= 15 is 0 Å². The number of amides is 2. The number of piperidine rings is 1. The molecule has 1 aliphatic heterocycles. The van der Waals surface area contributed by atoms with E-state index < -0.39 is 0 Å². The number of hydrogen-bond donors (Lipinski definition) is 1. The van der Waals surface area contributed by atoms with Gasteiger partial charge in [0.25, 0.3) is 5.91 Å². The summed E-state index contributed by atoms with van der Waals surface area (Å²) in [5.41, 5.74) is 5.36. The smallest absolute Gasteiger partial charge is 0.266 e. The van der Waals surface area contributed by atoms with Gasteiger partial charge >= 0.3 is 0 Å². The summed E-state index contributed by atoms with van der Waals surface area (Å²) in [5.74, 6) is -0.758. The van der Waals surface area contributed by atoms with E-state index in [0.29, 0.717) is 39.0 Å². The highest BCUT2D eigenvalue weighted by Gasteiger charge is 2.23. The van der Waals surface area contributed by atoms with Gasteiger partial charge in [-0.25, -0.2) is 0 Å². The lowest BCUT2D eigenvalue weighted by molar-refractivity contribution is -0.126. The van der Waals surface area contributed by atoms with Crippen molar-refractivity contribution in [1.82, 2.24) is 9.80 Å². The fourth-order valence-electron chi connectivity index (χ4n) is 2.35. The summed E-state index contributed by atoms with van der Waals surface area (Å²) < 4.78 is 0. The second-order valence-corrected chi connectivity index (χ2v) is 5.15. The van der Waals surface area contributed by atoms with Crippen LogP contribution in [0.25, 0.3) is 0 Å². The van der Waals surface area contributed by atoms with Gasteiger partial charge in [-0.05, 0) is 12.8 Å². The van der Waals surface area contributed by atoms with Crippen molar-refractivity contribution in [3.05, 3.63) is 37.1 Å². The highest BCUT2D eigenvalue weighted by Crippen LogP contribution is 2.17. The standard InChI is InChI=1S/C16H22N4O2/c1-3-7-20(8-4-2)16(22)14(11-17)12-19-9-5-13(6-10-19)15(18)21/h3-4,12-13H,1-2,5-10H2,(H2,18,21)/b14-12-. The molecule has 0 atom stereocenters. The lowest BCUT2D eigenvalue weighted by atomic mass is 9.96. The summed E-state index contributed by atoms with van der Waals surface area (Å²) in [5, 5.41) is 9.23. The number of carbonyl (C=O) groups excluding carboxylic acids is 2. The van der Waals surface area contributed by atoms with Crippen molar-refractivity contribution in [1.29, 1.82) is 5.26 Å². The number of nitrogens with zero attached hydrogens (tertiary/aromatic N) is 3. The molecule has 0 saturated carbocycles. The van der Waals surface area contributed by atoms with E-state index in [4.69, 9.17) is 5.73 Å². The van der Waals surface area contributed by atoms with Crippen LogP contribution in [0, 0.1) is 17.2 Å². The first-order valence-corrected chi connectivity index (χ1v) is 7.19. The Morgan fingerprint density at radius 1 is 1.27 bits per heavy atom. The fourth-order valence-corrected chi connectivity index (χ4v) is 2.35. The molecule has 1 rings (SSSR count). The third kappa shape index (κ3) is 4.77. The molecular formula is C16H22N4O2. The fraction of sp³-hybridized carbons (Fsp3) is 0.438. The van der Waals surface area contributed by atoms with E-state index in [2.05, 4.69) is 13.2 Å². The Kier molecular flexibility index (Phi) is 6.90. The molecule has 2 amide bonds. The quantitative estimate of drug-likeness (QED) is 0.428. The number of nitriles is 1. The number of carbonyl (C=O) groups is 2. The zero-order valence-electron chi connectivity index (χ0n) is 12.7. The molecule has 0 bridgehead atoms. The minimum atomic E-state index is -0.348. The molecule has 22 heavy (non-hydrogen) atoms. The predicted octanol–water partition coefficient (Wildman–Crippen LogP) is 0.792. The molecule has 0 aromatic heterocycles. The van der Waals surface area contributed by atoms with Crippen molar-refractivity contribution in [2.75, 3.05) is 26.2 Å². The summed E-state index contributed by atoms with van der Waals surface area (Å²) in [7, 11) is 0. The van der Waals surface area contributed by atoms with Crippen LogP contribution in [0.4, 0.5) is 0 Å². The molecular weight excluding hydrogens is 280 g/mol. The zero-order chi connectivity index (χ0) is 16.5.